The minimum Gasteiger partial charge on any atom is -0.304 e. The van der Waals surface area contributed by atoms with Crippen LogP contribution < -0.4 is 4.90 Å². The van der Waals surface area contributed by atoms with Crippen molar-refractivity contribution in [2.45, 2.75) is 13.8 Å². The Bertz CT molecular complexity index is 572. The Morgan fingerprint density at radius 2 is 1.89 bits per heavy atom. The lowest BCUT2D eigenvalue weighted by atomic mass is 9.96. The highest BCUT2D eigenvalue weighted by Crippen LogP contribution is 2.34. The summed E-state index contributed by atoms with van der Waals surface area (Å²) in [5.74, 6) is -3.53. The molecule has 0 aromatic heterocycles. The Morgan fingerprint density at radius 3 is 2.47 bits per heavy atom. The third-order valence-electron chi connectivity index (χ3n) is 2.94. The summed E-state index contributed by atoms with van der Waals surface area (Å²) in [5, 5.41) is 0.588. The van der Waals surface area contributed by atoms with E-state index in [1.54, 1.807) is 0 Å². The minimum atomic E-state index is -0.993. The first-order valence-corrected chi connectivity index (χ1v) is 6.80. The van der Waals surface area contributed by atoms with E-state index in [9.17, 15) is 18.4 Å². The van der Waals surface area contributed by atoms with Crippen molar-refractivity contribution < 1.29 is 18.4 Å². The number of ketones is 1. The monoisotopic (exact) mass is 331 g/mol. The largest absolute Gasteiger partial charge is 0.304 e. The van der Waals surface area contributed by atoms with Gasteiger partial charge in [-0.25, -0.2) is 8.78 Å². The van der Waals surface area contributed by atoms with Crippen molar-refractivity contribution in [1.82, 2.24) is 0 Å². The average molecular weight is 332 g/mol. The van der Waals surface area contributed by atoms with Gasteiger partial charge in [-0.3, -0.25) is 9.59 Å². The van der Waals surface area contributed by atoms with Crippen LogP contribution in [0.3, 0.4) is 0 Å². The molecule has 1 heterocycles. The van der Waals surface area contributed by atoms with E-state index in [1.165, 1.54) is 0 Å². The maximum absolute atomic E-state index is 13.6. The summed E-state index contributed by atoms with van der Waals surface area (Å²) >= 11 is 3.31. The van der Waals surface area contributed by atoms with E-state index >= 15 is 0 Å². The molecule has 1 aliphatic rings. The van der Waals surface area contributed by atoms with Gasteiger partial charge in [-0.05, 0) is 11.5 Å². The lowest BCUT2D eigenvalue weighted by Crippen LogP contribution is -2.38. The molecule has 1 aromatic rings. The van der Waals surface area contributed by atoms with Crippen LogP contribution in [-0.2, 0) is 4.79 Å². The van der Waals surface area contributed by atoms with Gasteiger partial charge in [-0.2, -0.15) is 0 Å². The molecule has 0 saturated carbocycles. The predicted molar refractivity (Wildman–Crippen MR) is 70.6 cm³/mol. The molecule has 0 N–H and O–H groups in total. The summed E-state index contributed by atoms with van der Waals surface area (Å²) < 4.78 is 26.9. The number of hydrogen-bond acceptors (Lipinski definition) is 2. The second-order valence-electron chi connectivity index (χ2n) is 5.30. The van der Waals surface area contributed by atoms with Crippen LogP contribution >= 0.6 is 15.9 Å². The number of hydrogen-bond donors (Lipinski definition) is 0. The summed E-state index contributed by atoms with van der Waals surface area (Å²) in [6.45, 7) is 3.97. The third-order valence-corrected chi connectivity index (χ3v) is 4.46. The van der Waals surface area contributed by atoms with E-state index < -0.39 is 23.3 Å². The summed E-state index contributed by atoms with van der Waals surface area (Å²) in [4.78, 5) is 24.8. The van der Waals surface area contributed by atoms with E-state index in [0.717, 1.165) is 11.0 Å². The van der Waals surface area contributed by atoms with E-state index in [1.807, 2.05) is 13.8 Å². The van der Waals surface area contributed by atoms with Crippen LogP contribution in [0.15, 0.2) is 12.1 Å². The SMILES string of the molecule is CC(C)(CBr)CN1C(=O)C(=O)c2c(F)cc(F)cc21. The zero-order valence-corrected chi connectivity index (χ0v) is 12.1. The van der Waals surface area contributed by atoms with Gasteiger partial charge in [0, 0.05) is 17.9 Å². The molecule has 0 bridgehead atoms. The Labute approximate surface area is 117 Å². The molecule has 0 unspecified atom stereocenters. The molecular weight excluding hydrogens is 320 g/mol. The number of fused-ring (bicyclic) bond motifs is 1. The van der Waals surface area contributed by atoms with Crippen LogP contribution in [0.25, 0.3) is 0 Å². The highest BCUT2D eigenvalue weighted by Gasteiger charge is 2.40. The molecule has 0 fully saturated rings. The van der Waals surface area contributed by atoms with Crippen molar-refractivity contribution in [2.24, 2.45) is 5.41 Å². The van der Waals surface area contributed by atoms with Gasteiger partial charge < -0.3 is 4.90 Å². The number of amides is 1. The Balaban J connectivity index is 2.50. The van der Waals surface area contributed by atoms with E-state index in [-0.39, 0.29) is 23.2 Å². The van der Waals surface area contributed by atoms with Crippen LogP contribution in [0.2, 0.25) is 0 Å². The smallest absolute Gasteiger partial charge is 0.299 e. The normalized spacial score (nSPS) is 15.1. The summed E-state index contributed by atoms with van der Waals surface area (Å²) in [5.41, 5.74) is -0.640. The summed E-state index contributed by atoms with van der Waals surface area (Å²) in [6, 6.07) is 1.63. The Morgan fingerprint density at radius 1 is 1.26 bits per heavy atom. The molecule has 3 nitrogen and oxygen atoms in total. The molecule has 6 heteroatoms. The first-order chi connectivity index (χ1) is 8.76. The van der Waals surface area contributed by atoms with Gasteiger partial charge >= 0.3 is 0 Å². The van der Waals surface area contributed by atoms with E-state index in [2.05, 4.69) is 15.9 Å². The highest BCUT2D eigenvalue weighted by atomic mass is 79.9. The average Bonchev–Trinajstić information content (AvgIpc) is 2.54. The van der Waals surface area contributed by atoms with Gasteiger partial charge in [0.15, 0.2) is 0 Å². The Kier molecular flexibility index (Phi) is 3.47. The topological polar surface area (TPSA) is 37.4 Å². The standard InChI is InChI=1S/C13H12BrF2NO2/c1-13(2,5-14)6-17-9-4-7(15)3-8(16)10(9)11(18)12(17)19/h3-4H,5-6H2,1-2H3. The zero-order chi connectivity index (χ0) is 14.4. The molecule has 2 rings (SSSR count). The van der Waals surface area contributed by atoms with Crippen LogP contribution in [-0.4, -0.2) is 23.6 Å². The van der Waals surface area contributed by atoms with Crippen molar-refractivity contribution in [3.8, 4) is 0 Å². The molecule has 1 aromatic carbocycles. The van der Waals surface area contributed by atoms with Gasteiger partial charge in [0.2, 0.25) is 0 Å². The molecule has 0 radical (unpaired) electrons. The van der Waals surface area contributed by atoms with E-state index in [4.69, 9.17) is 0 Å². The molecular formula is C13H12BrF2NO2. The van der Waals surface area contributed by atoms with Crippen LogP contribution in [0.1, 0.15) is 24.2 Å². The number of benzene rings is 1. The van der Waals surface area contributed by atoms with Crippen LogP contribution in [0.5, 0.6) is 0 Å². The number of carbonyl (C=O) groups is 2. The lowest BCUT2D eigenvalue weighted by molar-refractivity contribution is -0.114. The van der Waals surface area contributed by atoms with Crippen molar-refractivity contribution in [1.29, 1.82) is 0 Å². The molecule has 0 aliphatic carbocycles. The molecule has 0 spiro atoms. The molecule has 19 heavy (non-hydrogen) atoms. The van der Waals surface area contributed by atoms with Gasteiger partial charge in [0.1, 0.15) is 11.6 Å². The number of alkyl halides is 1. The van der Waals surface area contributed by atoms with Crippen LogP contribution in [0, 0.1) is 17.0 Å². The highest BCUT2D eigenvalue weighted by molar-refractivity contribution is 9.09. The Hall–Kier alpha value is -1.30. The van der Waals surface area contributed by atoms with Crippen molar-refractivity contribution >= 4 is 33.3 Å². The summed E-state index contributed by atoms with van der Waals surface area (Å²) in [7, 11) is 0. The fourth-order valence-corrected chi connectivity index (χ4v) is 2.14. The van der Waals surface area contributed by atoms with Crippen molar-refractivity contribution in [3.05, 3.63) is 29.3 Å². The molecule has 1 amide bonds. The third kappa shape index (κ3) is 2.41. The van der Waals surface area contributed by atoms with E-state index in [0.29, 0.717) is 11.4 Å². The van der Waals surface area contributed by atoms with Gasteiger partial charge in [-0.1, -0.05) is 29.8 Å². The van der Waals surface area contributed by atoms with Gasteiger partial charge in [0.25, 0.3) is 11.7 Å². The second-order valence-corrected chi connectivity index (χ2v) is 5.86. The summed E-state index contributed by atoms with van der Waals surface area (Å²) in [6.07, 6.45) is 0. The number of nitrogens with zero attached hydrogens (tertiary/aromatic N) is 1. The molecule has 0 atom stereocenters. The first kappa shape index (κ1) is 14.1. The van der Waals surface area contributed by atoms with Crippen molar-refractivity contribution in [3.63, 3.8) is 0 Å². The fourth-order valence-electron chi connectivity index (χ4n) is 1.96. The number of anilines is 1. The fraction of sp³-hybridized carbons (Fsp3) is 0.385. The second kappa shape index (κ2) is 4.67. The van der Waals surface area contributed by atoms with Crippen LogP contribution in [0.4, 0.5) is 14.5 Å². The van der Waals surface area contributed by atoms with Gasteiger partial charge in [0.05, 0.1) is 11.3 Å². The lowest BCUT2D eigenvalue weighted by Gasteiger charge is -2.28. The molecule has 1 aliphatic heterocycles. The number of carbonyl (C=O) groups excluding carboxylic acids is 2. The molecule has 102 valence electrons. The molecule has 0 saturated heterocycles. The zero-order valence-electron chi connectivity index (χ0n) is 10.5. The number of halogens is 3. The number of rotatable bonds is 3. The maximum Gasteiger partial charge on any atom is 0.299 e. The number of Topliss-reactive ketones (excluding diaryl/α,β-unsaturated/α-hetero) is 1. The predicted octanol–water partition coefficient (Wildman–Crippen LogP) is 2.92. The quantitative estimate of drug-likeness (QED) is 0.630. The minimum absolute atomic E-state index is 0.0153. The van der Waals surface area contributed by atoms with Gasteiger partial charge in [-0.15, -0.1) is 0 Å². The van der Waals surface area contributed by atoms with Crippen molar-refractivity contribution in [2.75, 3.05) is 16.8 Å². The maximum atomic E-state index is 13.6. The first-order valence-electron chi connectivity index (χ1n) is 5.68.